The molecular weight excluding hydrogens is 325 g/mol. The Morgan fingerprint density at radius 3 is 2.82 bits per heavy atom. The number of aliphatic hydroxyl groups is 2. The first-order valence-electron chi connectivity index (χ1n) is 7.49. The van der Waals surface area contributed by atoms with Gasteiger partial charge in [-0.15, -0.1) is 0 Å². The molecule has 0 saturated carbocycles. The molecular formula is C16H23Cl2NO3. The van der Waals surface area contributed by atoms with E-state index in [9.17, 15) is 10.2 Å². The summed E-state index contributed by atoms with van der Waals surface area (Å²) in [5.74, 6) is 0.466. The van der Waals surface area contributed by atoms with Crippen LogP contribution in [0.5, 0.6) is 5.75 Å². The number of nitrogens with zero attached hydrogens (tertiary/aromatic N) is 1. The van der Waals surface area contributed by atoms with Crippen LogP contribution in [0, 0.1) is 0 Å². The highest BCUT2D eigenvalue weighted by atomic mass is 35.5. The normalized spacial score (nSPS) is 21.1. The molecule has 2 unspecified atom stereocenters. The fourth-order valence-corrected chi connectivity index (χ4v) is 3.28. The fraction of sp³-hybridized carbons (Fsp3) is 0.625. The summed E-state index contributed by atoms with van der Waals surface area (Å²) in [7, 11) is 0. The van der Waals surface area contributed by atoms with Crippen LogP contribution < -0.4 is 4.74 Å². The van der Waals surface area contributed by atoms with E-state index < -0.39 is 11.7 Å². The van der Waals surface area contributed by atoms with E-state index in [1.807, 2.05) is 13.8 Å². The van der Waals surface area contributed by atoms with Crippen LogP contribution in [0.25, 0.3) is 0 Å². The molecule has 2 N–H and O–H groups in total. The third kappa shape index (κ3) is 4.74. The Balaban J connectivity index is 1.88. The highest BCUT2D eigenvalue weighted by molar-refractivity contribution is 6.34. The molecule has 124 valence electrons. The standard InChI is InChI=1S/C16H23Cl2NO3/c1-16(2,21)15-4-3-7-19(15)9-12(20)10-22-14-8-11(17)5-6-13(14)18/h5-6,8,12,15,20-21H,3-4,7,9-10H2,1-2H3. The van der Waals surface area contributed by atoms with E-state index in [4.69, 9.17) is 27.9 Å². The van der Waals surface area contributed by atoms with Crippen molar-refractivity contribution in [3.63, 3.8) is 0 Å². The maximum absolute atomic E-state index is 10.2. The summed E-state index contributed by atoms with van der Waals surface area (Å²) in [5, 5.41) is 21.4. The highest BCUT2D eigenvalue weighted by Crippen LogP contribution is 2.29. The van der Waals surface area contributed by atoms with Gasteiger partial charge in [0.2, 0.25) is 0 Å². The van der Waals surface area contributed by atoms with Crippen molar-refractivity contribution >= 4 is 23.2 Å². The van der Waals surface area contributed by atoms with E-state index >= 15 is 0 Å². The van der Waals surface area contributed by atoms with Crippen LogP contribution in [-0.2, 0) is 0 Å². The van der Waals surface area contributed by atoms with Gasteiger partial charge in [0, 0.05) is 23.7 Å². The molecule has 1 heterocycles. The topological polar surface area (TPSA) is 52.9 Å². The first-order valence-corrected chi connectivity index (χ1v) is 8.25. The molecule has 2 rings (SSSR count). The first-order chi connectivity index (χ1) is 10.3. The molecule has 0 aromatic heterocycles. The maximum Gasteiger partial charge on any atom is 0.139 e. The van der Waals surface area contributed by atoms with Gasteiger partial charge in [-0.1, -0.05) is 23.2 Å². The molecule has 0 bridgehead atoms. The predicted molar refractivity (Wildman–Crippen MR) is 88.9 cm³/mol. The summed E-state index contributed by atoms with van der Waals surface area (Å²) in [5.41, 5.74) is -0.770. The predicted octanol–water partition coefficient (Wildman–Crippen LogP) is 2.97. The van der Waals surface area contributed by atoms with Crippen molar-refractivity contribution in [2.45, 2.75) is 44.4 Å². The van der Waals surface area contributed by atoms with Crippen molar-refractivity contribution in [3.8, 4) is 5.75 Å². The van der Waals surface area contributed by atoms with Gasteiger partial charge in [-0.25, -0.2) is 0 Å². The van der Waals surface area contributed by atoms with Crippen molar-refractivity contribution in [1.82, 2.24) is 4.90 Å². The molecule has 1 saturated heterocycles. The molecule has 1 fully saturated rings. The van der Waals surface area contributed by atoms with Gasteiger partial charge in [-0.2, -0.15) is 0 Å². The summed E-state index contributed by atoms with van der Waals surface area (Å²) in [6, 6.07) is 5.05. The van der Waals surface area contributed by atoms with Crippen LogP contribution in [0.2, 0.25) is 10.0 Å². The van der Waals surface area contributed by atoms with E-state index in [1.165, 1.54) is 0 Å². The van der Waals surface area contributed by atoms with Crippen LogP contribution in [0.4, 0.5) is 0 Å². The monoisotopic (exact) mass is 347 g/mol. The third-order valence-corrected chi connectivity index (χ3v) is 4.50. The molecule has 22 heavy (non-hydrogen) atoms. The lowest BCUT2D eigenvalue weighted by atomic mass is 9.96. The number of hydrogen-bond donors (Lipinski definition) is 2. The zero-order valence-corrected chi connectivity index (χ0v) is 14.4. The SMILES string of the molecule is CC(C)(O)C1CCCN1CC(O)COc1cc(Cl)ccc1Cl. The lowest BCUT2D eigenvalue weighted by Gasteiger charge is -2.34. The number of hydrogen-bond acceptors (Lipinski definition) is 4. The highest BCUT2D eigenvalue weighted by Gasteiger charge is 2.36. The van der Waals surface area contributed by atoms with Gasteiger partial charge >= 0.3 is 0 Å². The van der Waals surface area contributed by atoms with Gasteiger partial charge in [0.25, 0.3) is 0 Å². The minimum absolute atomic E-state index is 0.0666. The maximum atomic E-state index is 10.2. The van der Waals surface area contributed by atoms with E-state index in [0.29, 0.717) is 22.3 Å². The summed E-state index contributed by atoms with van der Waals surface area (Å²) < 4.78 is 5.55. The molecule has 0 radical (unpaired) electrons. The van der Waals surface area contributed by atoms with E-state index in [2.05, 4.69) is 4.90 Å². The molecule has 0 aliphatic carbocycles. The van der Waals surface area contributed by atoms with Crippen molar-refractivity contribution in [2.75, 3.05) is 19.7 Å². The molecule has 6 heteroatoms. The second-order valence-electron chi connectivity index (χ2n) is 6.35. The molecule has 4 nitrogen and oxygen atoms in total. The second-order valence-corrected chi connectivity index (χ2v) is 7.19. The van der Waals surface area contributed by atoms with Crippen LogP contribution in [-0.4, -0.2) is 52.6 Å². The Morgan fingerprint density at radius 1 is 1.41 bits per heavy atom. The average Bonchev–Trinajstić information content (AvgIpc) is 2.88. The molecule has 1 aliphatic rings. The Hall–Kier alpha value is -0.520. The van der Waals surface area contributed by atoms with Gasteiger partial charge < -0.3 is 14.9 Å². The molecule has 1 aliphatic heterocycles. The number of rotatable bonds is 6. The van der Waals surface area contributed by atoms with Crippen molar-refractivity contribution in [3.05, 3.63) is 28.2 Å². The molecule has 1 aromatic carbocycles. The zero-order chi connectivity index (χ0) is 16.3. The summed E-state index contributed by atoms with van der Waals surface area (Å²) in [6.45, 7) is 5.10. The van der Waals surface area contributed by atoms with Gasteiger partial charge in [-0.3, -0.25) is 4.90 Å². The summed E-state index contributed by atoms with van der Waals surface area (Å²) in [6.07, 6.45) is 1.32. The molecule has 1 aromatic rings. The van der Waals surface area contributed by atoms with Gasteiger partial charge in [0.05, 0.1) is 10.6 Å². The molecule has 2 atom stereocenters. The van der Waals surface area contributed by atoms with E-state index in [0.717, 1.165) is 19.4 Å². The molecule has 0 spiro atoms. The van der Waals surface area contributed by atoms with Gasteiger partial charge in [0.15, 0.2) is 0 Å². The lowest BCUT2D eigenvalue weighted by molar-refractivity contribution is -0.0210. The minimum Gasteiger partial charge on any atom is -0.489 e. The Morgan fingerprint density at radius 2 is 2.14 bits per heavy atom. The van der Waals surface area contributed by atoms with E-state index in [1.54, 1.807) is 18.2 Å². The number of halogens is 2. The van der Waals surface area contributed by atoms with E-state index in [-0.39, 0.29) is 12.6 Å². The minimum atomic E-state index is -0.770. The lowest BCUT2D eigenvalue weighted by Crippen LogP contribution is -2.48. The average molecular weight is 348 g/mol. The quantitative estimate of drug-likeness (QED) is 0.830. The second kappa shape index (κ2) is 7.37. The number of ether oxygens (including phenoxy) is 1. The van der Waals surface area contributed by atoms with Crippen LogP contribution in [0.1, 0.15) is 26.7 Å². The Bertz CT molecular complexity index is 505. The van der Waals surface area contributed by atoms with Crippen molar-refractivity contribution in [1.29, 1.82) is 0 Å². The zero-order valence-electron chi connectivity index (χ0n) is 12.9. The van der Waals surface area contributed by atoms with Gasteiger partial charge in [0.1, 0.15) is 18.5 Å². The number of β-amino-alcohol motifs (C(OH)–C–C–N with tert-alkyl or cyclic N) is 1. The number of aliphatic hydroxyl groups excluding tert-OH is 1. The Labute approximate surface area is 141 Å². The number of likely N-dealkylation sites (tertiary alicyclic amines) is 1. The molecule has 0 amide bonds. The smallest absolute Gasteiger partial charge is 0.139 e. The van der Waals surface area contributed by atoms with Crippen LogP contribution >= 0.6 is 23.2 Å². The number of benzene rings is 1. The Kier molecular flexibility index (Phi) is 5.97. The summed E-state index contributed by atoms with van der Waals surface area (Å²) >= 11 is 11.9. The van der Waals surface area contributed by atoms with Crippen LogP contribution in [0.15, 0.2) is 18.2 Å². The third-order valence-electron chi connectivity index (χ3n) is 3.95. The summed E-state index contributed by atoms with van der Waals surface area (Å²) in [4.78, 5) is 2.12. The van der Waals surface area contributed by atoms with Crippen LogP contribution in [0.3, 0.4) is 0 Å². The fourth-order valence-electron chi connectivity index (χ4n) is 2.94. The largest absolute Gasteiger partial charge is 0.489 e. The van der Waals surface area contributed by atoms with Crippen molar-refractivity contribution in [2.24, 2.45) is 0 Å². The van der Waals surface area contributed by atoms with Gasteiger partial charge in [-0.05, 0) is 45.4 Å². The first kappa shape index (κ1) is 17.8. The van der Waals surface area contributed by atoms with Crippen molar-refractivity contribution < 1.29 is 14.9 Å².